The summed E-state index contributed by atoms with van der Waals surface area (Å²) >= 11 is 0. The zero-order chi connectivity index (χ0) is 22.3. The van der Waals surface area contributed by atoms with Crippen molar-refractivity contribution >= 4 is 17.6 Å². The zero-order valence-corrected chi connectivity index (χ0v) is 18.6. The Labute approximate surface area is 182 Å². The second kappa shape index (κ2) is 7.98. The quantitative estimate of drug-likeness (QED) is 0.757. The van der Waals surface area contributed by atoms with Crippen LogP contribution in [0.3, 0.4) is 0 Å². The first-order valence-electron chi connectivity index (χ1n) is 10.6. The number of anilines is 2. The van der Waals surface area contributed by atoms with Crippen LogP contribution in [-0.4, -0.2) is 46.3 Å². The molecule has 31 heavy (non-hydrogen) atoms. The number of ether oxygens (including phenoxy) is 2. The van der Waals surface area contributed by atoms with E-state index in [0.29, 0.717) is 54.8 Å². The smallest absolute Gasteiger partial charge is 0.410 e. The minimum Gasteiger partial charge on any atom is -0.477 e. The van der Waals surface area contributed by atoms with E-state index in [-0.39, 0.29) is 11.9 Å². The molecule has 7 nitrogen and oxygen atoms in total. The van der Waals surface area contributed by atoms with Gasteiger partial charge in [0.2, 0.25) is 5.88 Å². The summed E-state index contributed by atoms with van der Waals surface area (Å²) in [6.07, 6.45) is 1.17. The van der Waals surface area contributed by atoms with Gasteiger partial charge >= 0.3 is 6.09 Å². The summed E-state index contributed by atoms with van der Waals surface area (Å²) in [5, 5.41) is 3.02. The Bertz CT molecular complexity index is 979. The molecule has 2 heterocycles. The topological polar surface area (TPSA) is 76.6 Å². The molecule has 0 spiro atoms. The fraction of sp³-hybridized carbons (Fsp3) is 0.522. The Kier molecular flexibility index (Phi) is 5.49. The number of nitrogens with zero attached hydrogens (tertiary/aromatic N) is 3. The minimum atomic E-state index is -0.482. The Hall–Kier alpha value is -2.90. The number of benzene rings is 1. The van der Waals surface area contributed by atoms with Gasteiger partial charge in [-0.15, -0.1) is 0 Å². The molecule has 1 amide bonds. The van der Waals surface area contributed by atoms with Crippen LogP contribution < -0.4 is 10.1 Å². The van der Waals surface area contributed by atoms with E-state index in [1.54, 1.807) is 11.0 Å². The number of nitrogens with one attached hydrogen (secondary N) is 1. The van der Waals surface area contributed by atoms with Crippen LogP contribution in [0.15, 0.2) is 24.5 Å². The van der Waals surface area contributed by atoms with Gasteiger partial charge in [-0.25, -0.2) is 19.2 Å². The molecule has 0 radical (unpaired) electrons. The zero-order valence-electron chi connectivity index (χ0n) is 18.6. The maximum atomic E-state index is 14.2. The van der Waals surface area contributed by atoms with Gasteiger partial charge in [0.25, 0.3) is 0 Å². The molecule has 1 saturated carbocycles. The van der Waals surface area contributed by atoms with Crippen molar-refractivity contribution in [3.63, 3.8) is 0 Å². The molecule has 1 N–H and O–H groups in total. The highest BCUT2D eigenvalue weighted by Crippen LogP contribution is 2.52. The van der Waals surface area contributed by atoms with Gasteiger partial charge in [0.15, 0.2) is 0 Å². The van der Waals surface area contributed by atoms with E-state index in [4.69, 9.17) is 9.47 Å². The molecule has 2 aromatic rings. The maximum absolute atomic E-state index is 14.2. The number of carbonyl (C=O) groups excluding carboxylic acids is 1. The summed E-state index contributed by atoms with van der Waals surface area (Å²) in [5.74, 6) is 1.95. The predicted octanol–water partition coefficient (Wildman–Crippen LogP) is 4.47. The van der Waals surface area contributed by atoms with Crippen molar-refractivity contribution in [3.05, 3.63) is 41.5 Å². The normalized spacial score (nSPS) is 22.1. The molecule has 3 atom stereocenters. The molecule has 4 rings (SSSR count). The lowest BCUT2D eigenvalue weighted by Crippen LogP contribution is -2.37. The second-order valence-electron chi connectivity index (χ2n) is 9.45. The number of piperidine rings is 1. The Morgan fingerprint density at radius 1 is 1.23 bits per heavy atom. The van der Waals surface area contributed by atoms with Crippen LogP contribution in [0.5, 0.6) is 5.88 Å². The van der Waals surface area contributed by atoms with Gasteiger partial charge in [-0.1, -0.05) is 6.07 Å². The van der Waals surface area contributed by atoms with E-state index in [1.807, 2.05) is 40.7 Å². The van der Waals surface area contributed by atoms with Crippen LogP contribution in [0.4, 0.5) is 20.7 Å². The molecule has 1 aliphatic heterocycles. The van der Waals surface area contributed by atoms with Gasteiger partial charge in [-0.05, 0) is 64.2 Å². The van der Waals surface area contributed by atoms with Gasteiger partial charge in [0, 0.05) is 19.0 Å². The van der Waals surface area contributed by atoms with Crippen LogP contribution >= 0.6 is 0 Å². The summed E-state index contributed by atoms with van der Waals surface area (Å²) in [6, 6.07) is 5.00. The van der Waals surface area contributed by atoms with Gasteiger partial charge in [-0.3, -0.25) is 0 Å². The highest BCUT2D eigenvalue weighted by atomic mass is 19.1. The molecule has 1 aromatic heterocycles. The first kappa shape index (κ1) is 21.3. The first-order valence-corrected chi connectivity index (χ1v) is 10.6. The average Bonchev–Trinajstić information content (AvgIpc) is 3.12. The Balaban J connectivity index is 1.32. The second-order valence-corrected chi connectivity index (χ2v) is 9.45. The number of aryl methyl sites for hydroxylation is 1. The minimum absolute atomic E-state index is 0.245. The van der Waals surface area contributed by atoms with Crippen molar-refractivity contribution in [1.82, 2.24) is 14.9 Å². The van der Waals surface area contributed by atoms with Crippen molar-refractivity contribution in [1.29, 1.82) is 0 Å². The molecule has 1 aliphatic carbocycles. The third kappa shape index (κ3) is 4.73. The van der Waals surface area contributed by atoms with E-state index < -0.39 is 5.60 Å². The Morgan fingerprint density at radius 3 is 2.58 bits per heavy atom. The first-order chi connectivity index (χ1) is 14.6. The fourth-order valence-corrected chi connectivity index (χ4v) is 4.10. The molecule has 166 valence electrons. The van der Waals surface area contributed by atoms with E-state index in [1.165, 1.54) is 12.4 Å². The number of carbonyl (C=O) groups is 1. The lowest BCUT2D eigenvalue weighted by Gasteiger charge is -2.25. The highest BCUT2D eigenvalue weighted by molar-refractivity contribution is 5.69. The van der Waals surface area contributed by atoms with E-state index >= 15 is 0 Å². The number of halogens is 1. The fourth-order valence-electron chi connectivity index (χ4n) is 4.10. The monoisotopic (exact) mass is 428 g/mol. The van der Waals surface area contributed by atoms with E-state index in [2.05, 4.69) is 15.3 Å². The summed E-state index contributed by atoms with van der Waals surface area (Å²) in [5.41, 5.74) is 1.46. The predicted molar refractivity (Wildman–Crippen MR) is 115 cm³/mol. The van der Waals surface area contributed by atoms with Crippen molar-refractivity contribution < 1.29 is 18.7 Å². The molecule has 8 heteroatoms. The van der Waals surface area contributed by atoms with Gasteiger partial charge in [-0.2, -0.15) is 0 Å². The van der Waals surface area contributed by atoms with Crippen molar-refractivity contribution in [2.24, 2.45) is 17.8 Å². The van der Waals surface area contributed by atoms with Crippen LogP contribution in [0.2, 0.25) is 0 Å². The third-order valence-electron chi connectivity index (χ3n) is 5.85. The van der Waals surface area contributed by atoms with E-state index in [0.717, 1.165) is 11.1 Å². The Morgan fingerprint density at radius 2 is 1.94 bits per heavy atom. The van der Waals surface area contributed by atoms with Crippen molar-refractivity contribution in [2.75, 3.05) is 25.0 Å². The SMILES string of the molecule is Cc1ccc(Nc2ncnc(OC[C@@H]3[C@H]4CN(C(=O)OC(C)(C)C)C[C@@H]34)c2C)c(F)c1. The summed E-state index contributed by atoms with van der Waals surface area (Å²) in [4.78, 5) is 22.5. The number of amides is 1. The summed E-state index contributed by atoms with van der Waals surface area (Å²) < 4.78 is 25.6. The molecular formula is C23H29FN4O3. The van der Waals surface area contributed by atoms with Crippen LogP contribution in [0.1, 0.15) is 31.9 Å². The van der Waals surface area contributed by atoms with Gasteiger partial charge < -0.3 is 19.7 Å². The molecule has 0 unspecified atom stereocenters. The van der Waals surface area contributed by atoms with Crippen LogP contribution in [0, 0.1) is 37.4 Å². The number of likely N-dealkylation sites (tertiary alicyclic amines) is 1. The van der Waals surface area contributed by atoms with Crippen molar-refractivity contribution in [2.45, 2.75) is 40.2 Å². The number of fused-ring (bicyclic) bond motifs is 1. The van der Waals surface area contributed by atoms with Gasteiger partial charge in [0.05, 0.1) is 17.9 Å². The number of rotatable bonds is 5. The average molecular weight is 429 g/mol. The molecular weight excluding hydrogens is 399 g/mol. The molecule has 1 saturated heterocycles. The van der Waals surface area contributed by atoms with E-state index in [9.17, 15) is 9.18 Å². The lowest BCUT2D eigenvalue weighted by atomic mass is 10.2. The largest absolute Gasteiger partial charge is 0.477 e. The molecule has 2 aliphatic rings. The standard InChI is InChI=1S/C23H29FN4O3/c1-13-6-7-19(18(24)8-13)27-20-14(2)21(26-12-25-20)30-11-17-15-9-28(10-16(15)17)22(29)31-23(3,4)5/h6-8,12,15-17H,9-11H2,1-5H3,(H,25,26,27)/t15-,16+,17+. The van der Waals surface area contributed by atoms with Gasteiger partial charge in [0.1, 0.15) is 23.6 Å². The number of hydrogen-bond donors (Lipinski definition) is 1. The van der Waals surface area contributed by atoms with Crippen LogP contribution in [-0.2, 0) is 4.74 Å². The molecule has 0 bridgehead atoms. The van der Waals surface area contributed by atoms with Crippen molar-refractivity contribution in [3.8, 4) is 5.88 Å². The molecule has 2 fully saturated rings. The number of hydrogen-bond acceptors (Lipinski definition) is 6. The lowest BCUT2D eigenvalue weighted by molar-refractivity contribution is 0.0260. The molecule has 1 aromatic carbocycles. The summed E-state index contributed by atoms with van der Waals surface area (Å²) in [6.45, 7) is 11.3. The summed E-state index contributed by atoms with van der Waals surface area (Å²) in [7, 11) is 0. The van der Waals surface area contributed by atoms with Crippen LogP contribution in [0.25, 0.3) is 0 Å². The maximum Gasteiger partial charge on any atom is 0.410 e. The number of aromatic nitrogens is 2. The highest BCUT2D eigenvalue weighted by Gasteiger charge is 2.57. The third-order valence-corrected chi connectivity index (χ3v) is 5.85.